The van der Waals surface area contributed by atoms with Crippen molar-refractivity contribution < 1.29 is 9.53 Å². The highest BCUT2D eigenvalue weighted by Gasteiger charge is 2.57. The minimum absolute atomic E-state index is 0. The smallest absolute Gasteiger partial charge is 0.224 e. The SMILES string of the molecule is Cl.O=C(NC1c2ccccc2Oc2ccccc21)C1CC12CCNCC2. The largest absolute Gasteiger partial charge is 0.457 e. The van der Waals surface area contributed by atoms with Crippen molar-refractivity contribution in [1.29, 1.82) is 0 Å². The number of hydrogen-bond donors (Lipinski definition) is 2. The number of halogens is 1. The normalized spacial score (nSPS) is 22.4. The first kappa shape index (κ1) is 17.4. The van der Waals surface area contributed by atoms with E-state index in [0.29, 0.717) is 0 Å². The number of amides is 1. The van der Waals surface area contributed by atoms with Crippen molar-refractivity contribution in [3.8, 4) is 11.5 Å². The fraction of sp³-hybridized carbons (Fsp3) is 0.381. The minimum atomic E-state index is -0.131. The molecule has 1 saturated heterocycles. The lowest BCUT2D eigenvalue weighted by Crippen LogP contribution is -2.36. The summed E-state index contributed by atoms with van der Waals surface area (Å²) in [6.45, 7) is 2.07. The van der Waals surface area contributed by atoms with E-state index in [1.54, 1.807) is 0 Å². The lowest BCUT2D eigenvalue weighted by atomic mass is 9.91. The van der Waals surface area contributed by atoms with Crippen LogP contribution in [0.3, 0.4) is 0 Å². The van der Waals surface area contributed by atoms with Gasteiger partial charge in [0.2, 0.25) is 5.91 Å². The summed E-state index contributed by atoms with van der Waals surface area (Å²) in [6.07, 6.45) is 3.27. The molecule has 2 aromatic carbocycles. The van der Waals surface area contributed by atoms with Gasteiger partial charge in [-0.2, -0.15) is 0 Å². The third-order valence-electron chi connectivity index (χ3n) is 6.07. The van der Waals surface area contributed by atoms with Crippen LogP contribution in [0.4, 0.5) is 0 Å². The Morgan fingerprint density at radius 2 is 1.58 bits per heavy atom. The van der Waals surface area contributed by atoms with E-state index in [4.69, 9.17) is 4.74 Å². The number of para-hydroxylation sites is 2. The van der Waals surface area contributed by atoms with Crippen LogP contribution < -0.4 is 15.4 Å². The third kappa shape index (κ3) is 2.78. The zero-order chi connectivity index (χ0) is 16.9. The van der Waals surface area contributed by atoms with Gasteiger partial charge >= 0.3 is 0 Å². The summed E-state index contributed by atoms with van der Waals surface area (Å²) in [5.74, 6) is 2.02. The maximum absolute atomic E-state index is 13.0. The Balaban J connectivity index is 0.00000168. The molecule has 1 amide bonds. The number of piperidine rings is 1. The van der Waals surface area contributed by atoms with Gasteiger partial charge in [0.05, 0.1) is 6.04 Å². The number of carbonyl (C=O) groups excluding carboxylic acids is 1. The molecule has 1 atom stereocenters. The molecule has 1 aliphatic carbocycles. The van der Waals surface area contributed by atoms with Crippen molar-refractivity contribution in [2.45, 2.75) is 25.3 Å². The number of ether oxygens (including phenoxy) is 1. The fourth-order valence-corrected chi connectivity index (χ4v) is 4.50. The maximum Gasteiger partial charge on any atom is 0.224 e. The molecule has 136 valence electrons. The molecule has 0 aromatic heterocycles. The Labute approximate surface area is 159 Å². The molecular formula is C21H23ClN2O2. The second kappa shape index (κ2) is 6.60. The van der Waals surface area contributed by atoms with Gasteiger partial charge in [0.1, 0.15) is 11.5 Å². The monoisotopic (exact) mass is 370 g/mol. The Morgan fingerprint density at radius 3 is 2.19 bits per heavy atom. The average Bonchev–Trinajstić information content (AvgIpc) is 3.35. The predicted molar refractivity (Wildman–Crippen MR) is 103 cm³/mol. The first-order valence-corrected chi connectivity index (χ1v) is 9.14. The summed E-state index contributed by atoms with van der Waals surface area (Å²) in [5.41, 5.74) is 2.32. The molecule has 3 aliphatic rings. The van der Waals surface area contributed by atoms with Crippen molar-refractivity contribution >= 4 is 18.3 Å². The van der Waals surface area contributed by atoms with Crippen molar-refractivity contribution in [3.05, 3.63) is 59.7 Å². The van der Waals surface area contributed by atoms with Crippen molar-refractivity contribution in [1.82, 2.24) is 10.6 Å². The molecule has 1 unspecified atom stereocenters. The fourth-order valence-electron chi connectivity index (χ4n) is 4.50. The summed E-state index contributed by atoms with van der Waals surface area (Å²) in [6, 6.07) is 15.8. The molecule has 2 aromatic rings. The highest BCUT2D eigenvalue weighted by molar-refractivity contribution is 5.85. The zero-order valence-electron chi connectivity index (χ0n) is 14.5. The summed E-state index contributed by atoms with van der Waals surface area (Å²) < 4.78 is 6.02. The van der Waals surface area contributed by atoms with Crippen LogP contribution in [0, 0.1) is 11.3 Å². The van der Waals surface area contributed by atoms with Crippen LogP contribution in [0.15, 0.2) is 48.5 Å². The lowest BCUT2D eigenvalue weighted by molar-refractivity contribution is -0.123. The van der Waals surface area contributed by atoms with Crippen LogP contribution in [0.5, 0.6) is 11.5 Å². The van der Waals surface area contributed by atoms with Crippen LogP contribution in [-0.4, -0.2) is 19.0 Å². The molecule has 0 radical (unpaired) electrons. The number of rotatable bonds is 2. The van der Waals surface area contributed by atoms with E-state index in [2.05, 4.69) is 10.6 Å². The molecule has 0 bridgehead atoms. The van der Waals surface area contributed by atoms with E-state index in [1.165, 1.54) is 0 Å². The van der Waals surface area contributed by atoms with Gasteiger partial charge in [0, 0.05) is 17.0 Å². The topological polar surface area (TPSA) is 50.4 Å². The molecule has 2 N–H and O–H groups in total. The average molecular weight is 371 g/mol. The number of benzene rings is 2. The number of carbonyl (C=O) groups is 1. The summed E-state index contributed by atoms with van der Waals surface area (Å²) >= 11 is 0. The Bertz CT molecular complexity index is 787. The predicted octanol–water partition coefficient (Wildman–Crippen LogP) is 3.81. The number of nitrogens with one attached hydrogen (secondary N) is 2. The van der Waals surface area contributed by atoms with Crippen LogP contribution in [0.2, 0.25) is 0 Å². The van der Waals surface area contributed by atoms with Gasteiger partial charge in [-0.25, -0.2) is 0 Å². The second-order valence-corrected chi connectivity index (χ2v) is 7.49. The van der Waals surface area contributed by atoms with Gasteiger partial charge in [-0.3, -0.25) is 4.79 Å². The molecule has 2 aliphatic heterocycles. The molecule has 5 heteroatoms. The molecule has 26 heavy (non-hydrogen) atoms. The standard InChI is InChI=1S/C21H22N2O2.ClH/c24-20(16-13-21(16)9-11-22-12-10-21)23-19-14-5-1-3-7-17(14)25-18-8-4-2-6-15(18)19;/h1-8,16,19,22H,9-13H2,(H,23,24);1H. The second-order valence-electron chi connectivity index (χ2n) is 7.49. The maximum atomic E-state index is 13.0. The highest BCUT2D eigenvalue weighted by Crippen LogP contribution is 2.59. The van der Waals surface area contributed by atoms with Crippen LogP contribution in [0.25, 0.3) is 0 Å². The van der Waals surface area contributed by atoms with E-state index in [0.717, 1.165) is 55.0 Å². The van der Waals surface area contributed by atoms with Crippen molar-refractivity contribution in [2.75, 3.05) is 13.1 Å². The van der Waals surface area contributed by atoms with E-state index >= 15 is 0 Å². The molecule has 2 fully saturated rings. The van der Waals surface area contributed by atoms with Gasteiger partial charge in [0.15, 0.2) is 0 Å². The first-order valence-electron chi connectivity index (χ1n) is 9.14. The zero-order valence-corrected chi connectivity index (χ0v) is 15.4. The van der Waals surface area contributed by atoms with Crippen molar-refractivity contribution in [2.24, 2.45) is 11.3 Å². The molecule has 4 nitrogen and oxygen atoms in total. The summed E-state index contributed by atoms with van der Waals surface area (Å²) in [4.78, 5) is 13.0. The van der Waals surface area contributed by atoms with Gasteiger partial charge in [-0.15, -0.1) is 12.4 Å². The minimum Gasteiger partial charge on any atom is -0.457 e. The Hall–Kier alpha value is -2.04. The van der Waals surface area contributed by atoms with Crippen LogP contribution >= 0.6 is 12.4 Å². The van der Waals surface area contributed by atoms with Crippen molar-refractivity contribution in [3.63, 3.8) is 0 Å². The molecular weight excluding hydrogens is 348 g/mol. The van der Waals surface area contributed by atoms with E-state index in [1.807, 2.05) is 48.5 Å². The van der Waals surface area contributed by atoms with Gasteiger partial charge < -0.3 is 15.4 Å². The highest BCUT2D eigenvalue weighted by atomic mass is 35.5. The number of fused-ring (bicyclic) bond motifs is 2. The number of hydrogen-bond acceptors (Lipinski definition) is 3. The summed E-state index contributed by atoms with van der Waals surface area (Å²) in [7, 11) is 0. The molecule has 5 rings (SSSR count). The lowest BCUT2D eigenvalue weighted by Gasteiger charge is -2.29. The molecule has 1 saturated carbocycles. The third-order valence-corrected chi connectivity index (χ3v) is 6.07. The van der Waals surface area contributed by atoms with Gasteiger partial charge in [0.25, 0.3) is 0 Å². The molecule has 2 heterocycles. The van der Waals surface area contributed by atoms with Crippen LogP contribution in [0.1, 0.15) is 36.4 Å². The van der Waals surface area contributed by atoms with E-state index in [9.17, 15) is 4.79 Å². The van der Waals surface area contributed by atoms with Gasteiger partial charge in [-0.05, 0) is 49.9 Å². The van der Waals surface area contributed by atoms with Crippen LogP contribution in [-0.2, 0) is 4.79 Å². The quantitative estimate of drug-likeness (QED) is 0.845. The van der Waals surface area contributed by atoms with Gasteiger partial charge in [-0.1, -0.05) is 36.4 Å². The summed E-state index contributed by atoms with van der Waals surface area (Å²) in [5, 5.41) is 6.72. The van der Waals surface area contributed by atoms with E-state index < -0.39 is 0 Å². The Kier molecular flexibility index (Phi) is 4.41. The molecule has 1 spiro atoms. The Morgan fingerprint density at radius 1 is 1.00 bits per heavy atom. The first-order chi connectivity index (χ1) is 12.3. The van der Waals surface area contributed by atoms with E-state index in [-0.39, 0.29) is 35.7 Å².